The predicted octanol–water partition coefficient (Wildman–Crippen LogP) is 3.63. The number of piperazine rings is 1. The lowest BCUT2D eigenvalue weighted by Crippen LogP contribution is -2.49. The average molecular weight is 553 g/mol. The second kappa shape index (κ2) is 10.6. The molecule has 0 saturated carbocycles. The maximum Gasteiger partial charge on any atom is 0.233 e. The van der Waals surface area contributed by atoms with Crippen LogP contribution in [0.1, 0.15) is 5.56 Å². The number of fused-ring (bicyclic) bond motifs is 1. The van der Waals surface area contributed by atoms with E-state index in [0.29, 0.717) is 34.5 Å². The van der Waals surface area contributed by atoms with E-state index in [4.69, 9.17) is 16.6 Å². The van der Waals surface area contributed by atoms with Crippen molar-refractivity contribution in [3.05, 3.63) is 78.2 Å². The van der Waals surface area contributed by atoms with Crippen molar-refractivity contribution in [1.29, 1.82) is 0 Å². The van der Waals surface area contributed by atoms with E-state index in [1.54, 1.807) is 12.3 Å². The number of nitrogens with zero attached hydrogens (tertiary/aromatic N) is 6. The minimum Gasteiger partial charge on any atom is -0.368 e. The van der Waals surface area contributed by atoms with Crippen LogP contribution in [0.25, 0.3) is 11.0 Å². The summed E-state index contributed by atoms with van der Waals surface area (Å²) < 4.78 is 27.4. The van der Waals surface area contributed by atoms with E-state index in [-0.39, 0.29) is 6.04 Å². The van der Waals surface area contributed by atoms with Crippen LogP contribution in [0.5, 0.6) is 0 Å². The second-order valence-electron chi connectivity index (χ2n) is 9.20. The van der Waals surface area contributed by atoms with Crippen LogP contribution in [0.15, 0.2) is 67.6 Å². The zero-order valence-corrected chi connectivity index (χ0v) is 22.7. The third-order valence-electron chi connectivity index (χ3n) is 6.53. The van der Waals surface area contributed by atoms with Crippen molar-refractivity contribution in [3.63, 3.8) is 0 Å². The first-order chi connectivity index (χ1) is 18.2. The van der Waals surface area contributed by atoms with Gasteiger partial charge < -0.3 is 20.1 Å². The van der Waals surface area contributed by atoms with Crippen LogP contribution < -0.4 is 19.8 Å². The molecular weight excluding hydrogens is 524 g/mol. The lowest BCUT2D eigenvalue weighted by atomic mass is 10.1. The fraction of sp³-hybridized carbons (Fsp3) is 0.269. The van der Waals surface area contributed by atoms with Gasteiger partial charge in [-0.3, -0.25) is 4.31 Å². The largest absolute Gasteiger partial charge is 0.368 e. The zero-order valence-electron chi connectivity index (χ0n) is 21.2. The standard InChI is InChI=1S/C26H29ClN8O2S/c1-4-21-17-34(12-10-28-21)23-7-5-22(6-8-23)31-26-30-14-18-9-11-35(25(18)32-26)16-19-13-20(27)15-29-24(19)33(2)38(3,36)37/h4-9,11,13-15,21,28H,1,10,12,16-17H2,2-3H3,(H,30,31,32). The summed E-state index contributed by atoms with van der Waals surface area (Å²) in [5, 5.41) is 7.99. The maximum absolute atomic E-state index is 12.1. The molecule has 10 nitrogen and oxygen atoms in total. The molecule has 4 heterocycles. The Balaban J connectivity index is 1.37. The van der Waals surface area contributed by atoms with E-state index in [1.165, 1.54) is 13.2 Å². The summed E-state index contributed by atoms with van der Waals surface area (Å²) >= 11 is 6.20. The Morgan fingerprint density at radius 2 is 2.03 bits per heavy atom. The number of hydrogen-bond acceptors (Lipinski definition) is 8. The van der Waals surface area contributed by atoms with Gasteiger partial charge in [0.1, 0.15) is 11.5 Å². The van der Waals surface area contributed by atoms with Crippen molar-refractivity contribution in [3.8, 4) is 0 Å². The van der Waals surface area contributed by atoms with Gasteiger partial charge in [-0.25, -0.2) is 18.4 Å². The number of sulfonamides is 1. The monoisotopic (exact) mass is 552 g/mol. The van der Waals surface area contributed by atoms with Gasteiger partial charge in [0, 0.05) is 73.6 Å². The highest BCUT2D eigenvalue weighted by molar-refractivity contribution is 7.92. The highest BCUT2D eigenvalue weighted by Crippen LogP contribution is 2.26. The van der Waals surface area contributed by atoms with E-state index < -0.39 is 10.0 Å². The zero-order chi connectivity index (χ0) is 26.9. The lowest BCUT2D eigenvalue weighted by molar-refractivity contribution is 0.518. The number of nitrogens with one attached hydrogen (secondary N) is 2. The summed E-state index contributed by atoms with van der Waals surface area (Å²) in [5.41, 5.74) is 3.37. The Hall–Kier alpha value is -3.67. The first-order valence-electron chi connectivity index (χ1n) is 12.1. The number of aromatic nitrogens is 4. The first kappa shape index (κ1) is 26.0. The van der Waals surface area contributed by atoms with Crippen LogP contribution in [-0.4, -0.2) is 66.9 Å². The molecule has 1 atom stereocenters. The van der Waals surface area contributed by atoms with E-state index in [1.807, 2.05) is 35.0 Å². The third kappa shape index (κ3) is 5.59. The van der Waals surface area contributed by atoms with E-state index in [9.17, 15) is 8.42 Å². The van der Waals surface area contributed by atoms with Gasteiger partial charge in [0.2, 0.25) is 16.0 Å². The van der Waals surface area contributed by atoms with Crippen LogP contribution in [0.3, 0.4) is 0 Å². The molecule has 1 aromatic carbocycles. The molecule has 1 aliphatic heterocycles. The lowest BCUT2D eigenvalue weighted by Gasteiger charge is -2.34. The van der Waals surface area contributed by atoms with Crippen LogP contribution in [0, 0.1) is 0 Å². The fourth-order valence-electron chi connectivity index (χ4n) is 4.43. The number of rotatable bonds is 8. The summed E-state index contributed by atoms with van der Waals surface area (Å²) in [6.45, 7) is 6.97. The van der Waals surface area contributed by atoms with Gasteiger partial charge in [0.25, 0.3) is 0 Å². The summed E-state index contributed by atoms with van der Waals surface area (Å²) in [7, 11) is -2.03. The minimum atomic E-state index is -3.50. The van der Waals surface area contributed by atoms with Crippen LogP contribution in [0.4, 0.5) is 23.1 Å². The molecule has 12 heteroatoms. The highest BCUT2D eigenvalue weighted by atomic mass is 35.5. The van der Waals surface area contributed by atoms with Crippen molar-refractivity contribution >= 4 is 55.8 Å². The molecule has 0 aliphatic carbocycles. The topological polar surface area (TPSA) is 108 Å². The van der Waals surface area contributed by atoms with Gasteiger partial charge in [-0.1, -0.05) is 17.7 Å². The number of anilines is 4. The van der Waals surface area contributed by atoms with Crippen molar-refractivity contribution in [2.24, 2.45) is 0 Å². The average Bonchev–Trinajstić information content (AvgIpc) is 3.30. The Morgan fingerprint density at radius 1 is 1.24 bits per heavy atom. The molecule has 0 bridgehead atoms. The van der Waals surface area contributed by atoms with Gasteiger partial charge >= 0.3 is 0 Å². The van der Waals surface area contributed by atoms with Crippen molar-refractivity contribution in [2.75, 3.05) is 47.5 Å². The quantitative estimate of drug-likeness (QED) is 0.319. The molecule has 5 rings (SSSR count). The van der Waals surface area contributed by atoms with Gasteiger partial charge in [0.15, 0.2) is 0 Å². The van der Waals surface area contributed by atoms with Gasteiger partial charge in [0.05, 0.1) is 17.8 Å². The minimum absolute atomic E-state index is 0.281. The molecular formula is C26H29ClN8O2S. The smallest absolute Gasteiger partial charge is 0.233 e. The van der Waals surface area contributed by atoms with Crippen LogP contribution >= 0.6 is 11.6 Å². The third-order valence-corrected chi connectivity index (χ3v) is 7.90. The van der Waals surface area contributed by atoms with Crippen LogP contribution in [-0.2, 0) is 16.6 Å². The first-order valence-corrected chi connectivity index (χ1v) is 14.3. The van der Waals surface area contributed by atoms with Gasteiger partial charge in [-0.2, -0.15) is 4.98 Å². The number of benzene rings is 1. The van der Waals surface area contributed by atoms with Crippen molar-refractivity contribution < 1.29 is 8.42 Å². The van der Waals surface area contributed by atoms with Gasteiger partial charge in [-0.15, -0.1) is 6.58 Å². The number of halogens is 1. The molecule has 1 unspecified atom stereocenters. The Kier molecular flexibility index (Phi) is 7.24. The maximum atomic E-state index is 12.1. The molecule has 1 saturated heterocycles. The molecule has 1 aliphatic rings. The van der Waals surface area contributed by atoms with E-state index >= 15 is 0 Å². The second-order valence-corrected chi connectivity index (χ2v) is 11.6. The Bertz CT molecular complexity index is 1570. The molecule has 0 radical (unpaired) electrons. The summed E-state index contributed by atoms with van der Waals surface area (Å²) in [4.78, 5) is 15.8. The normalized spacial score (nSPS) is 16.0. The molecule has 0 amide bonds. The van der Waals surface area contributed by atoms with Crippen molar-refractivity contribution in [2.45, 2.75) is 12.6 Å². The molecule has 4 aromatic rings. The van der Waals surface area contributed by atoms with Crippen LogP contribution in [0.2, 0.25) is 5.02 Å². The molecule has 0 spiro atoms. The molecule has 3 aromatic heterocycles. The number of hydrogen-bond donors (Lipinski definition) is 2. The Morgan fingerprint density at radius 3 is 2.76 bits per heavy atom. The molecule has 38 heavy (non-hydrogen) atoms. The highest BCUT2D eigenvalue weighted by Gasteiger charge is 2.19. The van der Waals surface area contributed by atoms with E-state index in [2.05, 4.69) is 44.2 Å². The molecule has 1 fully saturated rings. The fourth-order valence-corrected chi connectivity index (χ4v) is 5.09. The molecule has 2 N–H and O–H groups in total. The number of pyridine rings is 1. The molecule has 198 valence electrons. The SMILES string of the molecule is C=CC1CN(c2ccc(Nc3ncc4ccn(Cc5cc(Cl)cnc5N(C)S(C)(=O)=O)c4n3)cc2)CCN1. The Labute approximate surface area is 227 Å². The van der Waals surface area contributed by atoms with E-state index in [0.717, 1.165) is 47.0 Å². The predicted molar refractivity (Wildman–Crippen MR) is 153 cm³/mol. The van der Waals surface area contributed by atoms with Gasteiger partial charge in [-0.05, 0) is 36.4 Å². The van der Waals surface area contributed by atoms with Crippen molar-refractivity contribution in [1.82, 2.24) is 24.8 Å². The summed E-state index contributed by atoms with van der Waals surface area (Å²) in [6, 6.07) is 12.1. The summed E-state index contributed by atoms with van der Waals surface area (Å²) in [5.74, 6) is 0.770. The summed E-state index contributed by atoms with van der Waals surface area (Å²) in [6.07, 6.45) is 8.15.